The van der Waals surface area contributed by atoms with E-state index >= 15 is 0 Å². The highest BCUT2D eigenvalue weighted by atomic mass is 16.2. The summed E-state index contributed by atoms with van der Waals surface area (Å²) >= 11 is 0. The molecule has 0 radical (unpaired) electrons. The van der Waals surface area contributed by atoms with Gasteiger partial charge < -0.3 is 4.90 Å². The smallest absolute Gasteiger partial charge is 0.237 e. The Morgan fingerprint density at radius 1 is 1.46 bits per heavy atom. The fourth-order valence-electron chi connectivity index (χ4n) is 1.62. The van der Waals surface area contributed by atoms with Gasteiger partial charge in [0.05, 0.1) is 6.07 Å². The number of hydrogen-bond acceptors (Lipinski definition) is 2. The molecule has 1 rings (SSSR count). The predicted octanol–water partition coefficient (Wildman–Crippen LogP) is 1.55. The number of likely N-dealkylation sites (tertiary alicyclic amines) is 1. The van der Waals surface area contributed by atoms with Crippen LogP contribution in [0, 0.1) is 16.7 Å². The van der Waals surface area contributed by atoms with Gasteiger partial charge in [0.2, 0.25) is 5.91 Å². The molecule has 0 aliphatic carbocycles. The van der Waals surface area contributed by atoms with Gasteiger partial charge >= 0.3 is 0 Å². The first kappa shape index (κ1) is 10.0. The molecule has 0 saturated carbocycles. The molecule has 1 heterocycles. The maximum Gasteiger partial charge on any atom is 0.237 e. The number of amides is 1. The summed E-state index contributed by atoms with van der Waals surface area (Å²) in [6, 6.07) is 1.89. The average Bonchev–Trinajstić information content (AvgIpc) is 2.00. The molecular formula is C10H16N2O. The maximum absolute atomic E-state index is 11.4. The zero-order chi connectivity index (χ0) is 10.3. The Morgan fingerprint density at radius 2 is 2.00 bits per heavy atom. The van der Waals surface area contributed by atoms with Crippen LogP contribution in [-0.4, -0.2) is 22.9 Å². The van der Waals surface area contributed by atoms with Gasteiger partial charge in [0.25, 0.3) is 0 Å². The molecule has 1 aliphatic rings. The summed E-state index contributed by atoms with van der Waals surface area (Å²) in [5.41, 5.74) is 0.0546. The summed E-state index contributed by atoms with van der Waals surface area (Å²) in [5, 5.41) is 8.41. The second kappa shape index (κ2) is 2.73. The van der Waals surface area contributed by atoms with E-state index in [1.165, 1.54) is 0 Å². The van der Waals surface area contributed by atoms with Gasteiger partial charge in [-0.2, -0.15) is 5.26 Å². The second-order valence-corrected chi connectivity index (χ2v) is 4.76. The highest BCUT2D eigenvalue weighted by molar-refractivity contribution is 5.80. The topological polar surface area (TPSA) is 44.1 Å². The first-order valence-corrected chi connectivity index (χ1v) is 4.50. The van der Waals surface area contributed by atoms with Crippen LogP contribution in [0.2, 0.25) is 0 Å². The number of carbonyl (C=O) groups is 1. The molecule has 0 N–H and O–H groups in total. The number of nitriles is 1. The van der Waals surface area contributed by atoms with Gasteiger partial charge in [-0.05, 0) is 13.8 Å². The van der Waals surface area contributed by atoms with Crippen LogP contribution in [0.3, 0.4) is 0 Å². The molecule has 3 heteroatoms. The van der Waals surface area contributed by atoms with E-state index < -0.39 is 0 Å². The summed E-state index contributed by atoms with van der Waals surface area (Å²) in [6.07, 6.45) is -0.000486. The molecule has 1 aliphatic heterocycles. The highest BCUT2D eigenvalue weighted by Gasteiger charge is 2.54. The van der Waals surface area contributed by atoms with Crippen molar-refractivity contribution in [3.05, 3.63) is 0 Å². The van der Waals surface area contributed by atoms with Crippen molar-refractivity contribution in [1.82, 2.24) is 4.90 Å². The normalized spacial score (nSPS) is 23.2. The Balaban J connectivity index is 2.70. The lowest BCUT2D eigenvalue weighted by molar-refractivity contribution is -0.165. The van der Waals surface area contributed by atoms with Crippen molar-refractivity contribution in [2.24, 2.45) is 5.41 Å². The molecule has 0 aromatic carbocycles. The van der Waals surface area contributed by atoms with Crippen LogP contribution in [0.15, 0.2) is 0 Å². The molecule has 72 valence electrons. The number of rotatable bonds is 1. The summed E-state index contributed by atoms with van der Waals surface area (Å²) in [5.74, 6) is -0.0492. The summed E-state index contributed by atoms with van der Waals surface area (Å²) in [7, 11) is 0. The van der Waals surface area contributed by atoms with Crippen molar-refractivity contribution < 1.29 is 4.79 Å². The van der Waals surface area contributed by atoms with Gasteiger partial charge in [0, 0.05) is 17.5 Å². The van der Waals surface area contributed by atoms with Crippen LogP contribution in [0.25, 0.3) is 0 Å². The van der Waals surface area contributed by atoms with Crippen molar-refractivity contribution in [3.8, 4) is 6.07 Å². The van der Waals surface area contributed by atoms with E-state index in [0.717, 1.165) is 6.54 Å². The van der Waals surface area contributed by atoms with E-state index in [1.807, 2.05) is 19.9 Å². The monoisotopic (exact) mass is 180 g/mol. The predicted molar refractivity (Wildman–Crippen MR) is 49.8 cm³/mol. The Kier molecular flexibility index (Phi) is 2.11. The quantitative estimate of drug-likeness (QED) is 0.614. The molecule has 0 atom stereocenters. The lowest BCUT2D eigenvalue weighted by Gasteiger charge is -2.61. The van der Waals surface area contributed by atoms with E-state index in [-0.39, 0.29) is 23.3 Å². The molecular weight excluding hydrogens is 164 g/mol. The SMILES string of the molecule is CC1(C)CN(C(=O)CC#N)C1(C)C. The molecule has 1 fully saturated rings. The van der Waals surface area contributed by atoms with Crippen LogP contribution in [0.4, 0.5) is 0 Å². The van der Waals surface area contributed by atoms with Gasteiger partial charge in [0.1, 0.15) is 6.42 Å². The third-order valence-electron chi connectivity index (χ3n) is 3.42. The third-order valence-corrected chi connectivity index (χ3v) is 3.42. The van der Waals surface area contributed by atoms with Crippen molar-refractivity contribution >= 4 is 5.91 Å². The number of carbonyl (C=O) groups excluding carboxylic acids is 1. The van der Waals surface area contributed by atoms with Crippen LogP contribution in [0.5, 0.6) is 0 Å². The van der Waals surface area contributed by atoms with Crippen molar-refractivity contribution in [2.75, 3.05) is 6.54 Å². The van der Waals surface area contributed by atoms with Crippen LogP contribution in [-0.2, 0) is 4.79 Å². The fourth-order valence-corrected chi connectivity index (χ4v) is 1.62. The molecule has 0 aromatic rings. The second-order valence-electron chi connectivity index (χ2n) is 4.76. The lowest BCUT2D eigenvalue weighted by Crippen LogP contribution is -2.70. The summed E-state index contributed by atoms with van der Waals surface area (Å²) < 4.78 is 0. The van der Waals surface area contributed by atoms with E-state index in [0.29, 0.717) is 0 Å². The highest BCUT2D eigenvalue weighted by Crippen LogP contribution is 2.46. The van der Waals surface area contributed by atoms with E-state index in [4.69, 9.17) is 5.26 Å². The molecule has 13 heavy (non-hydrogen) atoms. The van der Waals surface area contributed by atoms with Crippen molar-refractivity contribution in [3.63, 3.8) is 0 Å². The minimum Gasteiger partial charge on any atom is -0.335 e. The van der Waals surface area contributed by atoms with Crippen molar-refractivity contribution in [1.29, 1.82) is 5.26 Å². The molecule has 1 saturated heterocycles. The average molecular weight is 180 g/mol. The van der Waals surface area contributed by atoms with E-state index in [1.54, 1.807) is 4.90 Å². The molecule has 0 unspecified atom stereocenters. The van der Waals surface area contributed by atoms with Crippen LogP contribution < -0.4 is 0 Å². The largest absolute Gasteiger partial charge is 0.335 e. The van der Waals surface area contributed by atoms with Gasteiger partial charge in [-0.15, -0.1) is 0 Å². The Morgan fingerprint density at radius 3 is 2.31 bits per heavy atom. The Hall–Kier alpha value is -1.04. The summed E-state index contributed by atoms with van der Waals surface area (Å²) in [4.78, 5) is 13.2. The minimum atomic E-state index is -0.110. The van der Waals surface area contributed by atoms with Crippen LogP contribution >= 0.6 is 0 Å². The van der Waals surface area contributed by atoms with Crippen LogP contribution in [0.1, 0.15) is 34.1 Å². The van der Waals surface area contributed by atoms with Crippen molar-refractivity contribution in [2.45, 2.75) is 39.7 Å². The number of hydrogen-bond donors (Lipinski definition) is 0. The third kappa shape index (κ3) is 1.31. The molecule has 0 bridgehead atoms. The summed E-state index contributed by atoms with van der Waals surface area (Å²) in [6.45, 7) is 9.14. The Labute approximate surface area is 79.3 Å². The first-order valence-electron chi connectivity index (χ1n) is 4.50. The van der Waals surface area contributed by atoms with E-state index in [2.05, 4.69) is 13.8 Å². The zero-order valence-electron chi connectivity index (χ0n) is 8.72. The maximum atomic E-state index is 11.4. The molecule has 0 aromatic heterocycles. The van der Waals surface area contributed by atoms with Gasteiger partial charge in [-0.25, -0.2) is 0 Å². The molecule has 1 amide bonds. The van der Waals surface area contributed by atoms with E-state index in [9.17, 15) is 4.79 Å². The Bertz CT molecular complexity index is 273. The van der Waals surface area contributed by atoms with Gasteiger partial charge in [0.15, 0.2) is 0 Å². The minimum absolute atomic E-state index is 0.000486. The fraction of sp³-hybridized carbons (Fsp3) is 0.800. The molecule has 0 spiro atoms. The molecule has 3 nitrogen and oxygen atoms in total. The number of nitrogens with zero attached hydrogens (tertiary/aromatic N) is 2. The standard InChI is InChI=1S/C10H16N2O/c1-9(2)7-12(10(9,3)4)8(13)5-6-11/h5,7H2,1-4H3. The van der Waals surface area contributed by atoms with Gasteiger partial charge in [-0.3, -0.25) is 4.79 Å². The zero-order valence-corrected chi connectivity index (χ0v) is 8.72. The first-order chi connectivity index (χ1) is 5.83. The lowest BCUT2D eigenvalue weighted by atomic mass is 9.65. The van der Waals surface area contributed by atoms with Gasteiger partial charge in [-0.1, -0.05) is 13.8 Å².